The van der Waals surface area contributed by atoms with Gasteiger partial charge in [-0.3, -0.25) is 4.79 Å². The molecule has 0 fully saturated rings. The van der Waals surface area contributed by atoms with Crippen LogP contribution in [-0.4, -0.2) is 10.9 Å². The van der Waals surface area contributed by atoms with E-state index in [4.69, 9.17) is 39.2 Å². The first-order chi connectivity index (χ1) is 13.0. The number of aromatic nitrogens is 1. The zero-order valence-electron chi connectivity index (χ0n) is 13.7. The minimum atomic E-state index is -0.359. The molecule has 7 heteroatoms. The topological polar surface area (TPSA) is 55.1 Å². The van der Waals surface area contributed by atoms with Gasteiger partial charge >= 0.3 is 0 Å². The van der Waals surface area contributed by atoms with Crippen LogP contribution in [0.25, 0.3) is 22.6 Å². The van der Waals surface area contributed by atoms with Crippen molar-refractivity contribution in [2.24, 2.45) is 0 Å². The molecular weight excluding hydrogens is 407 g/mol. The van der Waals surface area contributed by atoms with Gasteiger partial charge in [-0.25, -0.2) is 4.98 Å². The summed E-state index contributed by atoms with van der Waals surface area (Å²) in [4.78, 5) is 17.0. The van der Waals surface area contributed by atoms with Crippen LogP contribution < -0.4 is 5.32 Å². The second-order valence-electron chi connectivity index (χ2n) is 5.76. The maximum absolute atomic E-state index is 12.5. The lowest BCUT2D eigenvalue weighted by Gasteiger charge is -2.09. The molecule has 1 heterocycles. The molecule has 0 atom stereocenters. The normalized spacial score (nSPS) is 10.9. The highest BCUT2D eigenvalue weighted by Crippen LogP contribution is 2.32. The van der Waals surface area contributed by atoms with Crippen LogP contribution in [0.4, 0.5) is 5.69 Å². The van der Waals surface area contributed by atoms with Crippen molar-refractivity contribution < 1.29 is 9.21 Å². The fraction of sp³-hybridized carbons (Fsp3) is 0. The zero-order valence-corrected chi connectivity index (χ0v) is 15.9. The fourth-order valence-electron chi connectivity index (χ4n) is 2.63. The third kappa shape index (κ3) is 3.65. The smallest absolute Gasteiger partial charge is 0.257 e. The molecule has 0 saturated heterocycles. The van der Waals surface area contributed by atoms with Gasteiger partial charge < -0.3 is 9.73 Å². The van der Waals surface area contributed by atoms with Gasteiger partial charge in [0, 0.05) is 10.7 Å². The number of nitrogens with one attached hydrogen (secondary N) is 1. The van der Waals surface area contributed by atoms with Crippen molar-refractivity contribution in [1.82, 2.24) is 4.98 Å². The molecule has 0 aliphatic carbocycles. The van der Waals surface area contributed by atoms with Crippen LogP contribution >= 0.6 is 34.8 Å². The highest BCUT2D eigenvalue weighted by Gasteiger charge is 2.15. The number of carbonyl (C=O) groups is 1. The molecule has 1 N–H and O–H groups in total. The van der Waals surface area contributed by atoms with Gasteiger partial charge in [0.25, 0.3) is 5.91 Å². The molecule has 4 nitrogen and oxygen atoms in total. The Morgan fingerprint density at radius 1 is 0.926 bits per heavy atom. The molecular formula is C20H11Cl3N2O2. The average molecular weight is 418 g/mol. The molecule has 4 rings (SSSR count). The SMILES string of the molecule is O=C(Nc1ccc(Cl)c(-c2nc3ccccc3o2)c1)c1ccc(Cl)cc1Cl. The largest absolute Gasteiger partial charge is 0.436 e. The van der Waals surface area contributed by atoms with Crippen molar-refractivity contribution in [2.75, 3.05) is 5.32 Å². The number of benzene rings is 3. The first-order valence-electron chi connectivity index (χ1n) is 7.93. The Morgan fingerprint density at radius 2 is 1.74 bits per heavy atom. The van der Waals surface area contributed by atoms with E-state index in [1.54, 1.807) is 30.3 Å². The van der Waals surface area contributed by atoms with E-state index in [1.165, 1.54) is 6.07 Å². The number of rotatable bonds is 3. The number of anilines is 1. The van der Waals surface area contributed by atoms with Crippen LogP contribution in [0, 0.1) is 0 Å². The van der Waals surface area contributed by atoms with Crippen LogP contribution in [0.3, 0.4) is 0 Å². The Morgan fingerprint density at radius 3 is 2.52 bits per heavy atom. The van der Waals surface area contributed by atoms with Crippen LogP contribution in [0.1, 0.15) is 10.4 Å². The molecule has 3 aromatic carbocycles. The Hall–Kier alpha value is -2.53. The number of nitrogens with zero attached hydrogens (tertiary/aromatic N) is 1. The number of fused-ring (bicyclic) bond motifs is 1. The molecule has 0 saturated carbocycles. The quantitative estimate of drug-likeness (QED) is 0.403. The van der Waals surface area contributed by atoms with Crippen molar-refractivity contribution in [3.8, 4) is 11.5 Å². The predicted molar refractivity (Wildman–Crippen MR) is 109 cm³/mol. The number of carbonyl (C=O) groups excluding carboxylic acids is 1. The molecule has 0 aliphatic heterocycles. The van der Waals surface area contributed by atoms with Crippen molar-refractivity contribution in [2.45, 2.75) is 0 Å². The lowest BCUT2D eigenvalue weighted by atomic mass is 10.1. The van der Waals surface area contributed by atoms with E-state index in [-0.39, 0.29) is 10.9 Å². The summed E-state index contributed by atoms with van der Waals surface area (Å²) in [6.07, 6.45) is 0. The summed E-state index contributed by atoms with van der Waals surface area (Å²) >= 11 is 18.3. The summed E-state index contributed by atoms with van der Waals surface area (Å²) in [5.74, 6) is 0.0179. The molecule has 0 radical (unpaired) electrons. The molecule has 0 aliphatic rings. The van der Waals surface area contributed by atoms with Crippen molar-refractivity contribution in [3.63, 3.8) is 0 Å². The monoisotopic (exact) mass is 416 g/mol. The van der Waals surface area contributed by atoms with E-state index < -0.39 is 0 Å². The lowest BCUT2D eigenvalue weighted by Crippen LogP contribution is -2.12. The van der Waals surface area contributed by atoms with Gasteiger partial charge in [0.1, 0.15) is 5.52 Å². The number of hydrogen-bond donors (Lipinski definition) is 1. The van der Waals surface area contributed by atoms with Gasteiger partial charge in [-0.05, 0) is 48.5 Å². The summed E-state index contributed by atoms with van der Waals surface area (Å²) in [6, 6.07) is 17.2. The highest BCUT2D eigenvalue weighted by atomic mass is 35.5. The lowest BCUT2D eigenvalue weighted by molar-refractivity contribution is 0.102. The number of oxazole rings is 1. The van der Waals surface area contributed by atoms with Crippen molar-refractivity contribution >= 4 is 57.5 Å². The maximum atomic E-state index is 12.5. The van der Waals surface area contributed by atoms with Gasteiger partial charge in [0.2, 0.25) is 5.89 Å². The molecule has 0 unspecified atom stereocenters. The second-order valence-corrected chi connectivity index (χ2v) is 7.01. The Labute approximate surface area is 169 Å². The average Bonchev–Trinajstić information content (AvgIpc) is 3.07. The number of para-hydroxylation sites is 2. The zero-order chi connectivity index (χ0) is 19.0. The molecule has 1 aromatic heterocycles. The van der Waals surface area contributed by atoms with Crippen molar-refractivity contribution in [3.05, 3.63) is 81.3 Å². The molecule has 0 spiro atoms. The molecule has 4 aromatic rings. The predicted octanol–water partition coefficient (Wildman–Crippen LogP) is 6.71. The third-order valence-electron chi connectivity index (χ3n) is 3.92. The van der Waals surface area contributed by atoms with E-state index in [9.17, 15) is 4.79 Å². The van der Waals surface area contributed by atoms with E-state index in [1.807, 2.05) is 24.3 Å². The highest BCUT2D eigenvalue weighted by molar-refractivity contribution is 6.37. The van der Waals surface area contributed by atoms with Gasteiger partial charge in [-0.15, -0.1) is 0 Å². The van der Waals surface area contributed by atoms with E-state index in [0.29, 0.717) is 38.3 Å². The molecule has 27 heavy (non-hydrogen) atoms. The van der Waals surface area contributed by atoms with Gasteiger partial charge in [0.15, 0.2) is 5.58 Å². The summed E-state index contributed by atoms with van der Waals surface area (Å²) in [5, 5.41) is 3.99. The van der Waals surface area contributed by atoms with Gasteiger partial charge in [-0.2, -0.15) is 0 Å². The molecule has 0 bridgehead atoms. The van der Waals surface area contributed by atoms with E-state index in [0.717, 1.165) is 5.52 Å². The van der Waals surface area contributed by atoms with Crippen LogP contribution in [0.15, 0.2) is 65.1 Å². The van der Waals surface area contributed by atoms with E-state index in [2.05, 4.69) is 10.3 Å². The van der Waals surface area contributed by atoms with Gasteiger partial charge in [0.05, 0.1) is 21.2 Å². The van der Waals surface area contributed by atoms with E-state index >= 15 is 0 Å². The van der Waals surface area contributed by atoms with Crippen LogP contribution in [-0.2, 0) is 0 Å². The first-order valence-corrected chi connectivity index (χ1v) is 9.06. The third-order valence-corrected chi connectivity index (χ3v) is 4.80. The van der Waals surface area contributed by atoms with Crippen molar-refractivity contribution in [1.29, 1.82) is 0 Å². The second kappa shape index (κ2) is 7.24. The standard InChI is InChI=1S/C20H11Cl3N2O2/c21-11-5-7-13(16(23)9-11)19(26)24-12-6-8-15(22)14(10-12)20-25-17-3-1-2-4-18(17)27-20/h1-10H,(H,24,26). The summed E-state index contributed by atoms with van der Waals surface area (Å²) < 4.78 is 5.77. The molecule has 134 valence electrons. The first kappa shape index (κ1) is 17.9. The summed E-state index contributed by atoms with van der Waals surface area (Å²) in [7, 11) is 0. The Bertz CT molecular complexity index is 1140. The minimum Gasteiger partial charge on any atom is -0.436 e. The summed E-state index contributed by atoms with van der Waals surface area (Å²) in [6.45, 7) is 0. The fourth-order valence-corrected chi connectivity index (χ4v) is 3.32. The number of hydrogen-bond acceptors (Lipinski definition) is 3. The minimum absolute atomic E-state index is 0.271. The molecule has 1 amide bonds. The number of amides is 1. The maximum Gasteiger partial charge on any atom is 0.257 e. The summed E-state index contributed by atoms with van der Waals surface area (Å²) in [5.41, 5.74) is 2.82. The Kier molecular flexibility index (Phi) is 4.79. The van der Waals surface area contributed by atoms with Gasteiger partial charge in [-0.1, -0.05) is 46.9 Å². The number of halogens is 3. The van der Waals surface area contributed by atoms with Crippen LogP contribution in [0.2, 0.25) is 15.1 Å². The van der Waals surface area contributed by atoms with Crippen LogP contribution in [0.5, 0.6) is 0 Å². The Balaban J connectivity index is 1.67.